The van der Waals surface area contributed by atoms with Crippen LogP contribution in [0.3, 0.4) is 0 Å². The molecule has 6 rings (SSSR count). The molecular formula is C24H15BrN4O2S. The second-order valence-electron chi connectivity index (χ2n) is 7.49. The number of carbonyl (C=O) groups excluding carboxylic acids is 1. The standard InChI is InChI=1S/C24H15BrN4O2S/c25-19-9-5-4-8-18(19)21-26-27-24-29(21)28-22(32-24)15-10-11-17-16(12-15)13-20(31-23(17)30)14-6-2-1-3-7-14/h1-12,20H,13H2/t20-/m0/s1. The van der Waals surface area contributed by atoms with Crippen LogP contribution < -0.4 is 0 Å². The van der Waals surface area contributed by atoms with E-state index in [1.807, 2.05) is 72.8 Å². The predicted octanol–water partition coefficient (Wildman–Crippen LogP) is 5.74. The van der Waals surface area contributed by atoms with Gasteiger partial charge in [-0.2, -0.15) is 9.61 Å². The minimum absolute atomic E-state index is 0.286. The van der Waals surface area contributed by atoms with E-state index in [0.29, 0.717) is 22.8 Å². The van der Waals surface area contributed by atoms with Crippen LogP contribution in [0.2, 0.25) is 0 Å². The van der Waals surface area contributed by atoms with Crippen LogP contribution in [0, 0.1) is 0 Å². The van der Waals surface area contributed by atoms with Crippen LogP contribution in [0.5, 0.6) is 0 Å². The van der Waals surface area contributed by atoms with Gasteiger partial charge in [-0.1, -0.05) is 75.8 Å². The van der Waals surface area contributed by atoms with Gasteiger partial charge < -0.3 is 4.74 Å². The summed E-state index contributed by atoms with van der Waals surface area (Å²) in [7, 11) is 0. The van der Waals surface area contributed by atoms with E-state index >= 15 is 0 Å². The summed E-state index contributed by atoms with van der Waals surface area (Å²) in [5, 5.41) is 14.2. The molecular weight excluding hydrogens is 488 g/mol. The van der Waals surface area contributed by atoms with Gasteiger partial charge in [0.1, 0.15) is 11.1 Å². The fourth-order valence-electron chi connectivity index (χ4n) is 3.93. The van der Waals surface area contributed by atoms with Crippen LogP contribution in [0.4, 0.5) is 0 Å². The van der Waals surface area contributed by atoms with Crippen molar-refractivity contribution in [2.45, 2.75) is 12.5 Å². The fraction of sp³-hybridized carbons (Fsp3) is 0.0833. The molecule has 8 heteroatoms. The summed E-state index contributed by atoms with van der Waals surface area (Å²) < 4.78 is 8.38. The number of hydrogen-bond acceptors (Lipinski definition) is 6. The number of fused-ring (bicyclic) bond motifs is 2. The number of nitrogens with zero attached hydrogens (tertiary/aromatic N) is 4. The van der Waals surface area contributed by atoms with Crippen molar-refractivity contribution in [3.8, 4) is 22.0 Å². The van der Waals surface area contributed by atoms with Gasteiger partial charge in [0.15, 0.2) is 5.82 Å². The van der Waals surface area contributed by atoms with Crippen LogP contribution in [0.15, 0.2) is 77.3 Å². The Morgan fingerprint density at radius 1 is 0.969 bits per heavy atom. The molecule has 2 aromatic heterocycles. The second-order valence-corrected chi connectivity index (χ2v) is 9.30. The van der Waals surface area contributed by atoms with Crippen molar-refractivity contribution in [3.63, 3.8) is 0 Å². The summed E-state index contributed by atoms with van der Waals surface area (Å²) >= 11 is 5.04. The monoisotopic (exact) mass is 502 g/mol. The number of rotatable bonds is 3. The summed E-state index contributed by atoms with van der Waals surface area (Å²) in [6.07, 6.45) is 0.344. The molecule has 3 heterocycles. The molecule has 5 aromatic rings. The Balaban J connectivity index is 1.39. The highest BCUT2D eigenvalue weighted by Crippen LogP contribution is 2.35. The Kier molecular flexibility index (Phi) is 4.62. The molecule has 1 aliphatic rings. The van der Waals surface area contributed by atoms with Crippen molar-refractivity contribution in [3.05, 3.63) is 94.0 Å². The SMILES string of the molecule is O=C1O[C@H](c2ccccc2)Cc2cc(-c3nn4c(-c5ccccc5Br)nnc4s3)ccc21. The van der Waals surface area contributed by atoms with E-state index in [9.17, 15) is 4.79 Å². The number of ether oxygens (including phenoxy) is 1. The average molecular weight is 503 g/mol. The summed E-state index contributed by atoms with van der Waals surface area (Å²) in [5.41, 5.74) is 4.44. The third-order valence-electron chi connectivity index (χ3n) is 5.50. The second kappa shape index (κ2) is 7.65. The number of esters is 1. The minimum Gasteiger partial charge on any atom is -0.454 e. The summed E-state index contributed by atoms with van der Waals surface area (Å²) in [4.78, 5) is 13.3. The van der Waals surface area contributed by atoms with Crippen molar-refractivity contribution in [2.24, 2.45) is 0 Å². The zero-order valence-corrected chi connectivity index (χ0v) is 19.0. The first-order chi connectivity index (χ1) is 15.7. The normalized spacial score (nSPS) is 15.5. The zero-order chi connectivity index (χ0) is 21.7. The molecule has 1 aliphatic heterocycles. The summed E-state index contributed by atoms with van der Waals surface area (Å²) in [6, 6.07) is 23.5. The first-order valence-corrected chi connectivity index (χ1v) is 11.6. The Bertz CT molecular complexity index is 1480. The van der Waals surface area contributed by atoms with Crippen LogP contribution in [-0.2, 0) is 11.2 Å². The molecule has 0 aliphatic carbocycles. The number of carbonyl (C=O) groups is 1. The Morgan fingerprint density at radius 3 is 2.62 bits per heavy atom. The van der Waals surface area contributed by atoms with Gasteiger partial charge >= 0.3 is 5.97 Å². The average Bonchev–Trinajstić information content (AvgIpc) is 3.41. The van der Waals surface area contributed by atoms with Gasteiger partial charge in [-0.3, -0.25) is 0 Å². The number of cyclic esters (lactones) is 1. The van der Waals surface area contributed by atoms with Crippen molar-refractivity contribution in [2.75, 3.05) is 0 Å². The highest BCUT2D eigenvalue weighted by Gasteiger charge is 2.28. The topological polar surface area (TPSA) is 69.4 Å². The van der Waals surface area contributed by atoms with Gasteiger partial charge in [0.05, 0.1) is 5.56 Å². The van der Waals surface area contributed by atoms with E-state index in [1.165, 1.54) is 11.3 Å². The lowest BCUT2D eigenvalue weighted by Crippen LogP contribution is -2.21. The quantitative estimate of drug-likeness (QED) is 0.294. The molecule has 1 atom stereocenters. The Labute approximate surface area is 195 Å². The van der Waals surface area contributed by atoms with Gasteiger partial charge in [-0.15, -0.1) is 10.2 Å². The lowest BCUT2D eigenvalue weighted by molar-refractivity contribution is 0.0253. The molecule has 0 radical (unpaired) electrons. The smallest absolute Gasteiger partial charge is 0.339 e. The molecule has 156 valence electrons. The maximum Gasteiger partial charge on any atom is 0.339 e. The van der Waals surface area contributed by atoms with Gasteiger partial charge in [-0.25, -0.2) is 4.79 Å². The van der Waals surface area contributed by atoms with Crippen molar-refractivity contribution in [1.29, 1.82) is 0 Å². The molecule has 0 bridgehead atoms. The fourth-order valence-corrected chi connectivity index (χ4v) is 5.22. The molecule has 0 spiro atoms. The lowest BCUT2D eigenvalue weighted by Gasteiger charge is -2.25. The first-order valence-electron chi connectivity index (χ1n) is 10.0. The van der Waals surface area contributed by atoms with Crippen molar-refractivity contribution < 1.29 is 9.53 Å². The van der Waals surface area contributed by atoms with Gasteiger partial charge in [0.2, 0.25) is 4.96 Å². The maximum atomic E-state index is 12.6. The third-order valence-corrected chi connectivity index (χ3v) is 7.14. The molecule has 32 heavy (non-hydrogen) atoms. The van der Waals surface area contributed by atoms with E-state index in [-0.39, 0.29) is 12.1 Å². The number of aromatic nitrogens is 4. The third kappa shape index (κ3) is 3.23. The van der Waals surface area contributed by atoms with Crippen LogP contribution in [0.1, 0.15) is 27.6 Å². The van der Waals surface area contributed by atoms with Gasteiger partial charge in [0.25, 0.3) is 0 Å². The van der Waals surface area contributed by atoms with E-state index in [0.717, 1.165) is 31.7 Å². The van der Waals surface area contributed by atoms with E-state index < -0.39 is 0 Å². The Hall–Kier alpha value is -3.36. The molecule has 6 nitrogen and oxygen atoms in total. The Morgan fingerprint density at radius 2 is 1.78 bits per heavy atom. The number of halogens is 1. The van der Waals surface area contributed by atoms with Gasteiger partial charge in [0, 0.05) is 22.0 Å². The lowest BCUT2D eigenvalue weighted by atomic mass is 9.93. The molecule has 0 fully saturated rings. The summed E-state index contributed by atoms with van der Waals surface area (Å²) in [6.45, 7) is 0. The van der Waals surface area contributed by atoms with Gasteiger partial charge in [-0.05, 0) is 35.4 Å². The largest absolute Gasteiger partial charge is 0.454 e. The van der Waals surface area contributed by atoms with Crippen LogP contribution >= 0.6 is 27.3 Å². The maximum absolute atomic E-state index is 12.6. The van der Waals surface area contributed by atoms with Crippen LogP contribution in [0.25, 0.3) is 26.9 Å². The highest BCUT2D eigenvalue weighted by atomic mass is 79.9. The predicted molar refractivity (Wildman–Crippen MR) is 126 cm³/mol. The molecule has 0 unspecified atom stereocenters. The minimum atomic E-state index is -0.291. The van der Waals surface area contributed by atoms with Crippen molar-refractivity contribution >= 4 is 38.2 Å². The number of benzene rings is 3. The van der Waals surface area contributed by atoms with E-state index in [4.69, 9.17) is 9.84 Å². The molecule has 0 N–H and O–H groups in total. The molecule has 0 amide bonds. The van der Waals surface area contributed by atoms with E-state index in [2.05, 4.69) is 26.1 Å². The van der Waals surface area contributed by atoms with Crippen molar-refractivity contribution in [1.82, 2.24) is 19.8 Å². The number of hydrogen-bond donors (Lipinski definition) is 0. The summed E-state index contributed by atoms with van der Waals surface area (Å²) in [5.74, 6) is 0.390. The molecule has 0 saturated carbocycles. The first kappa shape index (κ1) is 19.3. The molecule has 3 aromatic carbocycles. The van der Waals surface area contributed by atoms with E-state index in [1.54, 1.807) is 4.52 Å². The highest BCUT2D eigenvalue weighted by molar-refractivity contribution is 9.10. The zero-order valence-electron chi connectivity index (χ0n) is 16.6. The van der Waals surface area contributed by atoms with Crippen LogP contribution in [-0.4, -0.2) is 25.8 Å². The molecule has 0 saturated heterocycles.